The lowest BCUT2D eigenvalue weighted by Gasteiger charge is -2.20. The molecule has 0 N–H and O–H groups in total. The second kappa shape index (κ2) is 9.83. The predicted molar refractivity (Wildman–Crippen MR) is 182 cm³/mol. The van der Waals surface area contributed by atoms with Crippen LogP contribution < -0.4 is 0 Å². The van der Waals surface area contributed by atoms with Crippen molar-refractivity contribution >= 4 is 65.8 Å². The molecule has 0 atom stereocenters. The summed E-state index contributed by atoms with van der Waals surface area (Å²) in [5.74, 6) is 0. The Kier molecular flexibility index (Phi) is 5.63. The highest BCUT2D eigenvalue weighted by atomic mass is 14.9. The summed E-state index contributed by atoms with van der Waals surface area (Å²) in [6, 6.07) is 40.9. The molecule has 0 aliphatic rings. The molecule has 0 spiro atoms. The summed E-state index contributed by atoms with van der Waals surface area (Å²) in [5.41, 5.74) is 5.07. The molecular weight excluding hydrogens is 550 g/mol. The first-order valence-corrected chi connectivity index (χ1v) is 14.3. The van der Waals surface area contributed by atoms with Crippen molar-refractivity contribution in [1.82, 2.24) is 4.40 Å². The van der Waals surface area contributed by atoms with Crippen molar-refractivity contribution in [3.8, 4) is 28.5 Å². The van der Waals surface area contributed by atoms with E-state index < -0.39 is 0 Å². The molecule has 0 amide bonds. The Morgan fingerprint density at radius 3 is 1.58 bits per heavy atom. The number of hydrogen-bond acceptors (Lipinski definition) is 1. The van der Waals surface area contributed by atoms with E-state index in [1.807, 2.05) is 78.9 Å². The Bertz CT molecular complexity index is 2730. The fourth-order valence-electron chi connectivity index (χ4n) is 6.88. The first-order chi connectivity index (χ1) is 22.2. The molecule has 0 aliphatic carbocycles. The van der Waals surface area contributed by atoms with Gasteiger partial charge in [-0.1, -0.05) is 109 Å². The van der Waals surface area contributed by atoms with Crippen molar-refractivity contribution < 1.29 is 0 Å². The van der Waals surface area contributed by atoms with E-state index >= 15 is 0 Å². The molecule has 5 heteroatoms. The Morgan fingerprint density at radius 1 is 0.511 bits per heavy atom. The molecule has 2 heterocycles. The molecule has 5 nitrogen and oxygen atoms in total. The molecule has 204 valence electrons. The zero-order valence-corrected chi connectivity index (χ0v) is 23.7. The summed E-state index contributed by atoms with van der Waals surface area (Å²) >= 11 is 0. The molecule has 6 aromatic carbocycles. The number of fused-ring (bicyclic) bond motifs is 11. The first kappa shape index (κ1) is 25.8. The number of nitrogens with zero attached hydrogens (tertiary/aromatic N) is 5. The summed E-state index contributed by atoms with van der Waals surface area (Å²) in [7, 11) is 0. The van der Waals surface area contributed by atoms with Crippen LogP contribution in [0.2, 0.25) is 0 Å². The maximum absolute atomic E-state index is 10.7. The quantitative estimate of drug-likeness (QED) is 0.151. The highest BCUT2D eigenvalue weighted by Gasteiger charge is 2.29. The van der Waals surface area contributed by atoms with Crippen molar-refractivity contribution in [2.24, 2.45) is 0 Å². The van der Waals surface area contributed by atoms with Gasteiger partial charge in [-0.3, -0.25) is 14.5 Å². The fraction of sp³-hybridized carbons (Fsp3) is 0. The van der Waals surface area contributed by atoms with Gasteiger partial charge >= 0.3 is 0 Å². The smallest absolute Gasteiger partial charge is 0.203 e. The van der Waals surface area contributed by atoms with Crippen molar-refractivity contribution in [1.29, 1.82) is 5.26 Å². The van der Waals surface area contributed by atoms with E-state index in [0.717, 1.165) is 60.2 Å². The van der Waals surface area contributed by atoms with Gasteiger partial charge in [0.2, 0.25) is 11.4 Å². The lowest BCUT2D eigenvalue weighted by Crippen LogP contribution is -1.99. The third-order valence-corrected chi connectivity index (χ3v) is 8.64. The normalized spacial score (nSPS) is 11.0. The van der Waals surface area contributed by atoms with Crippen LogP contribution in [0.1, 0.15) is 5.56 Å². The molecule has 8 aromatic rings. The lowest BCUT2D eigenvalue weighted by molar-refractivity contribution is 1.28. The Labute approximate surface area is 258 Å². The SMILES string of the molecule is [C-]#[N+]c1c([N+]#[C-])c(C#N)c2c(c1[N+]#[C-])c1c3ccccc3c3ccccc3c1c1c(-c3ccccc3)cc(-c3ccccc3)n21. The molecular formula is C40H19N5. The van der Waals surface area contributed by atoms with Gasteiger partial charge in [0.15, 0.2) is 5.69 Å². The zero-order chi connectivity index (χ0) is 30.7. The average molecular weight is 570 g/mol. The van der Waals surface area contributed by atoms with Crippen LogP contribution in [0, 0.1) is 31.0 Å². The highest BCUT2D eigenvalue weighted by Crippen LogP contribution is 2.54. The van der Waals surface area contributed by atoms with Crippen LogP contribution in [-0.4, -0.2) is 4.40 Å². The van der Waals surface area contributed by atoms with Crippen LogP contribution in [0.3, 0.4) is 0 Å². The van der Waals surface area contributed by atoms with Gasteiger partial charge in [-0.05, 0) is 44.1 Å². The van der Waals surface area contributed by atoms with E-state index in [2.05, 4.69) is 61.4 Å². The number of aromatic nitrogens is 1. The van der Waals surface area contributed by atoms with Crippen LogP contribution in [0.4, 0.5) is 17.1 Å². The zero-order valence-electron chi connectivity index (χ0n) is 23.7. The standard InChI is InChI=1S/C40H19N5/c1-42-36-31(23-41)40-35(37(43-2)38(36)44-3)33-28-20-12-10-18-26(28)27-19-11-13-21-29(27)34(33)39-30(24-14-6-4-7-15-24)22-32(45(39)40)25-16-8-5-9-17-25/h4-22H. The van der Waals surface area contributed by atoms with Gasteiger partial charge in [0, 0.05) is 21.9 Å². The molecule has 0 radical (unpaired) electrons. The Hall–Kier alpha value is -6.92. The summed E-state index contributed by atoms with van der Waals surface area (Å²) < 4.78 is 2.06. The molecule has 2 aromatic heterocycles. The van der Waals surface area contributed by atoms with Gasteiger partial charge in [-0.25, -0.2) is 0 Å². The van der Waals surface area contributed by atoms with Crippen LogP contribution >= 0.6 is 0 Å². The van der Waals surface area contributed by atoms with E-state index in [0.29, 0.717) is 10.9 Å². The van der Waals surface area contributed by atoms with Crippen molar-refractivity contribution in [3.05, 3.63) is 155 Å². The fourth-order valence-corrected chi connectivity index (χ4v) is 6.88. The predicted octanol–water partition coefficient (Wildman–Crippen LogP) is 11.4. The number of benzene rings is 6. The first-order valence-electron chi connectivity index (χ1n) is 14.3. The minimum Gasteiger partial charge on any atom is -0.309 e. The van der Waals surface area contributed by atoms with E-state index in [1.165, 1.54) is 0 Å². The van der Waals surface area contributed by atoms with E-state index in [4.69, 9.17) is 19.7 Å². The minimum atomic E-state index is -0.0919. The maximum Gasteiger partial charge on any atom is 0.203 e. The second-order valence-electron chi connectivity index (χ2n) is 10.8. The van der Waals surface area contributed by atoms with Gasteiger partial charge in [0.1, 0.15) is 0 Å². The summed E-state index contributed by atoms with van der Waals surface area (Å²) in [4.78, 5) is 11.3. The third kappa shape index (κ3) is 3.45. The number of pyridine rings is 1. The van der Waals surface area contributed by atoms with Gasteiger partial charge in [0.25, 0.3) is 0 Å². The van der Waals surface area contributed by atoms with E-state index in [9.17, 15) is 5.26 Å². The molecule has 0 saturated carbocycles. The average Bonchev–Trinajstić information content (AvgIpc) is 3.51. The van der Waals surface area contributed by atoms with Crippen LogP contribution in [0.15, 0.2) is 115 Å². The third-order valence-electron chi connectivity index (χ3n) is 8.64. The van der Waals surface area contributed by atoms with Crippen LogP contribution in [0.25, 0.3) is 85.7 Å². The van der Waals surface area contributed by atoms with Crippen LogP contribution in [-0.2, 0) is 0 Å². The Morgan fingerprint density at radius 2 is 1.02 bits per heavy atom. The van der Waals surface area contributed by atoms with Gasteiger partial charge in [0.05, 0.1) is 42.6 Å². The van der Waals surface area contributed by atoms with Gasteiger partial charge in [-0.2, -0.15) is 5.26 Å². The van der Waals surface area contributed by atoms with E-state index in [-0.39, 0.29) is 22.6 Å². The molecule has 0 aliphatic heterocycles. The summed E-state index contributed by atoms with van der Waals surface area (Å²) in [5, 5.41) is 17.0. The number of hydrogen-bond donors (Lipinski definition) is 0. The van der Waals surface area contributed by atoms with Gasteiger partial charge < -0.3 is 4.40 Å². The summed E-state index contributed by atoms with van der Waals surface area (Å²) in [6.07, 6.45) is 0. The van der Waals surface area contributed by atoms with Crippen LogP contribution in [0.5, 0.6) is 0 Å². The molecule has 0 unspecified atom stereocenters. The highest BCUT2D eigenvalue weighted by molar-refractivity contribution is 6.38. The second-order valence-corrected chi connectivity index (χ2v) is 10.8. The Balaban J connectivity index is 1.87. The monoisotopic (exact) mass is 569 g/mol. The molecule has 0 fully saturated rings. The maximum atomic E-state index is 10.7. The van der Waals surface area contributed by atoms with Crippen molar-refractivity contribution in [3.63, 3.8) is 0 Å². The van der Waals surface area contributed by atoms with Crippen molar-refractivity contribution in [2.45, 2.75) is 0 Å². The molecule has 0 bridgehead atoms. The number of rotatable bonds is 2. The van der Waals surface area contributed by atoms with Gasteiger partial charge in [-0.15, -0.1) is 0 Å². The van der Waals surface area contributed by atoms with Crippen molar-refractivity contribution in [2.75, 3.05) is 0 Å². The summed E-state index contributed by atoms with van der Waals surface area (Å²) in [6.45, 7) is 24.5. The lowest BCUT2D eigenvalue weighted by atomic mass is 9.89. The number of nitriles is 1. The molecule has 0 saturated heterocycles. The largest absolute Gasteiger partial charge is 0.309 e. The molecule has 45 heavy (non-hydrogen) atoms. The topological polar surface area (TPSA) is 41.3 Å². The van der Waals surface area contributed by atoms with E-state index in [1.54, 1.807) is 0 Å². The molecule has 8 rings (SSSR count). The minimum absolute atomic E-state index is 0.0846.